The Morgan fingerprint density at radius 2 is 2.25 bits per heavy atom. The van der Waals surface area contributed by atoms with Crippen molar-refractivity contribution in [1.29, 1.82) is 0 Å². The van der Waals surface area contributed by atoms with Gasteiger partial charge in [0.05, 0.1) is 12.1 Å². The van der Waals surface area contributed by atoms with Gasteiger partial charge in [0.15, 0.2) is 11.6 Å². The third-order valence-electron chi connectivity index (χ3n) is 2.10. The molecule has 0 radical (unpaired) electrons. The maximum atomic E-state index is 13.4. The number of aromatic carboxylic acids is 1. The number of rotatable bonds is 2. The van der Waals surface area contributed by atoms with Crippen LogP contribution in [0.25, 0.3) is 10.1 Å². The van der Waals surface area contributed by atoms with E-state index in [0.29, 0.717) is 10.1 Å². The van der Waals surface area contributed by atoms with Crippen molar-refractivity contribution in [3.63, 3.8) is 0 Å². The molecular formula is C10H6ClFO3S. The van der Waals surface area contributed by atoms with Gasteiger partial charge in [0.2, 0.25) is 0 Å². The highest BCUT2D eigenvalue weighted by molar-refractivity contribution is 7.21. The molecule has 16 heavy (non-hydrogen) atoms. The molecule has 0 bridgehead atoms. The van der Waals surface area contributed by atoms with E-state index in [1.165, 1.54) is 19.2 Å². The molecule has 0 saturated heterocycles. The van der Waals surface area contributed by atoms with Gasteiger partial charge >= 0.3 is 5.97 Å². The molecule has 0 fully saturated rings. The zero-order valence-corrected chi connectivity index (χ0v) is 9.66. The number of carboxylic acid groups (broad SMARTS) is 1. The second-order valence-electron chi connectivity index (χ2n) is 3.03. The Morgan fingerprint density at radius 3 is 2.81 bits per heavy atom. The molecule has 0 aliphatic rings. The van der Waals surface area contributed by atoms with Crippen LogP contribution in [-0.4, -0.2) is 18.2 Å². The number of ether oxygens (including phenoxy) is 1. The Kier molecular flexibility index (Phi) is 2.73. The van der Waals surface area contributed by atoms with Crippen molar-refractivity contribution in [2.75, 3.05) is 7.11 Å². The zero-order chi connectivity index (χ0) is 11.9. The third-order valence-corrected chi connectivity index (χ3v) is 3.74. The zero-order valence-electron chi connectivity index (χ0n) is 8.08. The van der Waals surface area contributed by atoms with E-state index in [0.717, 1.165) is 11.3 Å². The molecule has 1 aromatic heterocycles. The van der Waals surface area contributed by atoms with Crippen LogP contribution < -0.4 is 4.74 Å². The highest BCUT2D eigenvalue weighted by Crippen LogP contribution is 2.38. The summed E-state index contributed by atoms with van der Waals surface area (Å²) >= 11 is 6.82. The summed E-state index contributed by atoms with van der Waals surface area (Å²) in [4.78, 5) is 10.8. The largest absolute Gasteiger partial charge is 0.494 e. The van der Waals surface area contributed by atoms with Crippen molar-refractivity contribution >= 4 is 39.0 Å². The minimum absolute atomic E-state index is 0.00400. The fourth-order valence-corrected chi connectivity index (χ4v) is 2.71. The van der Waals surface area contributed by atoms with Gasteiger partial charge in [-0.15, -0.1) is 11.3 Å². The highest BCUT2D eigenvalue weighted by Gasteiger charge is 2.18. The van der Waals surface area contributed by atoms with E-state index in [9.17, 15) is 9.18 Å². The summed E-state index contributed by atoms with van der Waals surface area (Å²) < 4.78 is 18.6. The molecule has 2 aromatic rings. The van der Waals surface area contributed by atoms with Gasteiger partial charge < -0.3 is 9.84 Å². The molecule has 0 aliphatic carbocycles. The molecule has 0 atom stereocenters. The topological polar surface area (TPSA) is 46.5 Å². The van der Waals surface area contributed by atoms with Crippen molar-refractivity contribution in [2.45, 2.75) is 0 Å². The van der Waals surface area contributed by atoms with Crippen LogP contribution >= 0.6 is 22.9 Å². The first kappa shape index (κ1) is 11.2. The standard InChI is InChI=1S/C10H6ClFO3S/c1-15-6-2-4-7(3-5(6)12)16-9(8(4)11)10(13)14/h2-3H,1H3,(H,13,14). The third kappa shape index (κ3) is 1.62. The van der Waals surface area contributed by atoms with Crippen LogP contribution in [0.3, 0.4) is 0 Å². The molecule has 0 saturated carbocycles. The molecular weight excluding hydrogens is 255 g/mol. The molecule has 3 nitrogen and oxygen atoms in total. The summed E-state index contributed by atoms with van der Waals surface area (Å²) in [6.45, 7) is 0. The molecule has 1 aromatic carbocycles. The SMILES string of the molecule is COc1cc2c(Cl)c(C(=O)O)sc2cc1F. The predicted molar refractivity (Wildman–Crippen MR) is 60.3 cm³/mol. The second kappa shape index (κ2) is 3.92. The number of halogens is 2. The molecule has 0 unspecified atom stereocenters. The lowest BCUT2D eigenvalue weighted by Gasteiger charge is -2.01. The molecule has 0 amide bonds. The lowest BCUT2D eigenvalue weighted by molar-refractivity contribution is 0.0702. The fraction of sp³-hybridized carbons (Fsp3) is 0.100. The van der Waals surface area contributed by atoms with Gasteiger partial charge in [-0.25, -0.2) is 9.18 Å². The van der Waals surface area contributed by atoms with Crippen LogP contribution in [0.1, 0.15) is 9.67 Å². The summed E-state index contributed by atoms with van der Waals surface area (Å²) in [7, 11) is 1.34. The van der Waals surface area contributed by atoms with E-state index in [4.69, 9.17) is 21.4 Å². The van der Waals surface area contributed by atoms with Gasteiger partial charge in [0.1, 0.15) is 4.88 Å². The Bertz CT molecular complexity index is 579. The Labute approximate surface area is 99.0 Å². The monoisotopic (exact) mass is 260 g/mol. The number of hydrogen-bond acceptors (Lipinski definition) is 3. The van der Waals surface area contributed by atoms with Gasteiger partial charge in [0, 0.05) is 10.1 Å². The molecule has 1 N–H and O–H groups in total. The maximum absolute atomic E-state index is 13.4. The molecule has 6 heteroatoms. The van der Waals surface area contributed by atoms with E-state index in [1.807, 2.05) is 0 Å². The van der Waals surface area contributed by atoms with E-state index in [-0.39, 0.29) is 15.6 Å². The Morgan fingerprint density at radius 1 is 1.56 bits per heavy atom. The van der Waals surface area contributed by atoms with Crippen LogP contribution in [0.2, 0.25) is 5.02 Å². The number of thiophene rings is 1. The minimum Gasteiger partial charge on any atom is -0.494 e. The normalized spacial score (nSPS) is 10.7. The number of hydrogen-bond donors (Lipinski definition) is 1. The van der Waals surface area contributed by atoms with Crippen LogP contribution in [-0.2, 0) is 0 Å². The van der Waals surface area contributed by atoms with Gasteiger partial charge in [-0.2, -0.15) is 0 Å². The van der Waals surface area contributed by atoms with E-state index in [2.05, 4.69) is 0 Å². The second-order valence-corrected chi connectivity index (χ2v) is 4.46. The van der Waals surface area contributed by atoms with Crippen LogP contribution in [0, 0.1) is 5.82 Å². The van der Waals surface area contributed by atoms with E-state index < -0.39 is 11.8 Å². The lowest BCUT2D eigenvalue weighted by atomic mass is 10.2. The van der Waals surface area contributed by atoms with Gasteiger partial charge in [-0.3, -0.25) is 0 Å². The predicted octanol–water partition coefficient (Wildman–Crippen LogP) is 3.40. The number of fused-ring (bicyclic) bond motifs is 1. The van der Waals surface area contributed by atoms with Gasteiger partial charge in [-0.1, -0.05) is 11.6 Å². The number of carboxylic acids is 1. The first-order chi connectivity index (χ1) is 7.54. The first-order valence-corrected chi connectivity index (χ1v) is 5.43. The highest BCUT2D eigenvalue weighted by atomic mass is 35.5. The molecule has 84 valence electrons. The average molecular weight is 261 g/mol. The van der Waals surface area contributed by atoms with Crippen molar-refractivity contribution in [3.05, 3.63) is 27.8 Å². The Hall–Kier alpha value is -1.33. The maximum Gasteiger partial charge on any atom is 0.347 e. The molecule has 1 heterocycles. The molecule has 0 spiro atoms. The summed E-state index contributed by atoms with van der Waals surface area (Å²) in [5.74, 6) is -1.61. The van der Waals surface area contributed by atoms with Crippen molar-refractivity contribution in [1.82, 2.24) is 0 Å². The van der Waals surface area contributed by atoms with Crippen LogP contribution in [0.5, 0.6) is 5.75 Å². The van der Waals surface area contributed by atoms with E-state index >= 15 is 0 Å². The smallest absolute Gasteiger partial charge is 0.347 e. The summed E-state index contributed by atoms with van der Waals surface area (Å²) in [5, 5.41) is 9.47. The van der Waals surface area contributed by atoms with Gasteiger partial charge in [0.25, 0.3) is 0 Å². The number of methoxy groups -OCH3 is 1. The summed E-state index contributed by atoms with van der Waals surface area (Å²) in [6.07, 6.45) is 0. The minimum atomic E-state index is -1.12. The molecule has 0 aliphatic heterocycles. The molecule has 2 rings (SSSR count). The first-order valence-electron chi connectivity index (χ1n) is 4.23. The number of carbonyl (C=O) groups is 1. The van der Waals surface area contributed by atoms with Crippen LogP contribution in [0.4, 0.5) is 4.39 Å². The van der Waals surface area contributed by atoms with Crippen molar-refractivity contribution in [2.24, 2.45) is 0 Å². The number of benzene rings is 1. The van der Waals surface area contributed by atoms with Crippen molar-refractivity contribution < 1.29 is 19.0 Å². The summed E-state index contributed by atoms with van der Waals surface area (Å²) in [6, 6.07) is 2.62. The average Bonchev–Trinajstić information content (AvgIpc) is 2.54. The van der Waals surface area contributed by atoms with Gasteiger partial charge in [-0.05, 0) is 12.1 Å². The van der Waals surface area contributed by atoms with Crippen LogP contribution in [0.15, 0.2) is 12.1 Å². The van der Waals surface area contributed by atoms with E-state index in [1.54, 1.807) is 0 Å². The Balaban J connectivity index is 2.77. The lowest BCUT2D eigenvalue weighted by Crippen LogP contribution is -1.91. The summed E-state index contributed by atoms with van der Waals surface area (Å²) in [5.41, 5.74) is 0. The quantitative estimate of drug-likeness (QED) is 0.900. The van der Waals surface area contributed by atoms with Crippen molar-refractivity contribution in [3.8, 4) is 5.75 Å². The fourth-order valence-electron chi connectivity index (χ4n) is 1.36.